The van der Waals surface area contributed by atoms with E-state index in [0.29, 0.717) is 13.2 Å². The summed E-state index contributed by atoms with van der Waals surface area (Å²) in [5.41, 5.74) is 1.12. The summed E-state index contributed by atoms with van der Waals surface area (Å²) in [4.78, 5) is 11.8. The number of para-hydroxylation sites is 1. The van der Waals surface area contributed by atoms with E-state index >= 15 is 0 Å². The van der Waals surface area contributed by atoms with E-state index in [2.05, 4.69) is 10.6 Å². The van der Waals surface area contributed by atoms with E-state index in [1.807, 2.05) is 31.2 Å². The maximum atomic E-state index is 11.8. The molecule has 5 heteroatoms. The smallest absolute Gasteiger partial charge is 0.315 e. The highest BCUT2D eigenvalue weighted by molar-refractivity contribution is 5.74. The summed E-state index contributed by atoms with van der Waals surface area (Å²) in [6.45, 7) is 3.19. The molecular formula is C17H26N2O3. The Morgan fingerprint density at radius 3 is 2.73 bits per heavy atom. The van der Waals surface area contributed by atoms with Crippen molar-refractivity contribution < 1.29 is 14.6 Å². The molecule has 0 unspecified atom stereocenters. The van der Waals surface area contributed by atoms with Crippen LogP contribution in [0, 0.1) is 6.92 Å². The Hall–Kier alpha value is -1.75. The number of amides is 2. The molecular weight excluding hydrogens is 280 g/mol. The first-order valence-electron chi connectivity index (χ1n) is 8.06. The molecule has 1 saturated carbocycles. The predicted molar refractivity (Wildman–Crippen MR) is 86.1 cm³/mol. The average Bonchev–Trinajstić information content (AvgIpc) is 2.51. The quantitative estimate of drug-likeness (QED) is 0.707. The molecule has 1 fully saturated rings. The number of hydrogen-bond donors (Lipinski definition) is 3. The molecule has 5 nitrogen and oxygen atoms in total. The molecule has 0 aromatic heterocycles. The van der Waals surface area contributed by atoms with Crippen LogP contribution in [0.4, 0.5) is 4.79 Å². The number of aryl methyl sites for hydroxylation is 1. The second kappa shape index (κ2) is 8.63. The molecule has 2 amide bonds. The number of aliphatic hydroxyl groups is 1. The Labute approximate surface area is 132 Å². The first kappa shape index (κ1) is 16.6. The Bertz CT molecular complexity index is 471. The van der Waals surface area contributed by atoms with Gasteiger partial charge in [0.1, 0.15) is 5.75 Å². The van der Waals surface area contributed by atoms with Gasteiger partial charge in [-0.15, -0.1) is 0 Å². The van der Waals surface area contributed by atoms with Gasteiger partial charge in [0, 0.05) is 12.6 Å². The largest absolute Gasteiger partial charge is 0.493 e. The minimum atomic E-state index is -0.195. The Balaban J connectivity index is 1.55. The van der Waals surface area contributed by atoms with Crippen molar-refractivity contribution in [2.75, 3.05) is 13.2 Å². The minimum absolute atomic E-state index is 0.128. The van der Waals surface area contributed by atoms with Gasteiger partial charge in [0.2, 0.25) is 0 Å². The SMILES string of the molecule is Cc1ccccc1OCCCNC(=O)NC1CCC(O)CC1. The Kier molecular flexibility index (Phi) is 6.52. The molecule has 1 aromatic carbocycles. The fourth-order valence-electron chi connectivity index (χ4n) is 2.63. The average molecular weight is 306 g/mol. The van der Waals surface area contributed by atoms with Crippen LogP contribution in [0.15, 0.2) is 24.3 Å². The highest BCUT2D eigenvalue weighted by Gasteiger charge is 2.20. The van der Waals surface area contributed by atoms with Gasteiger partial charge in [-0.25, -0.2) is 4.79 Å². The summed E-state index contributed by atoms with van der Waals surface area (Å²) in [6, 6.07) is 7.96. The third kappa shape index (κ3) is 5.56. The fourth-order valence-corrected chi connectivity index (χ4v) is 2.63. The van der Waals surface area contributed by atoms with Crippen LogP contribution in [-0.4, -0.2) is 36.4 Å². The first-order chi connectivity index (χ1) is 10.6. The molecule has 0 atom stereocenters. The number of carbonyl (C=O) groups excluding carboxylic acids is 1. The normalized spacial score (nSPS) is 21.2. The Morgan fingerprint density at radius 1 is 1.27 bits per heavy atom. The van der Waals surface area contributed by atoms with Crippen LogP contribution in [0.25, 0.3) is 0 Å². The summed E-state index contributed by atoms with van der Waals surface area (Å²) in [5, 5.41) is 15.2. The maximum Gasteiger partial charge on any atom is 0.315 e. The molecule has 122 valence electrons. The van der Waals surface area contributed by atoms with Crippen LogP contribution in [0.1, 0.15) is 37.7 Å². The monoisotopic (exact) mass is 306 g/mol. The van der Waals surface area contributed by atoms with Gasteiger partial charge in [-0.3, -0.25) is 0 Å². The van der Waals surface area contributed by atoms with Crippen molar-refractivity contribution in [3.05, 3.63) is 29.8 Å². The molecule has 22 heavy (non-hydrogen) atoms. The topological polar surface area (TPSA) is 70.6 Å². The van der Waals surface area contributed by atoms with Crippen molar-refractivity contribution >= 4 is 6.03 Å². The lowest BCUT2D eigenvalue weighted by atomic mass is 9.93. The van der Waals surface area contributed by atoms with E-state index in [0.717, 1.165) is 43.4 Å². The van der Waals surface area contributed by atoms with Gasteiger partial charge in [0.15, 0.2) is 0 Å². The second-order valence-corrected chi connectivity index (χ2v) is 5.87. The third-order valence-corrected chi connectivity index (χ3v) is 3.99. The van der Waals surface area contributed by atoms with E-state index in [4.69, 9.17) is 4.74 Å². The van der Waals surface area contributed by atoms with Crippen LogP contribution >= 0.6 is 0 Å². The van der Waals surface area contributed by atoms with E-state index in [1.165, 1.54) is 0 Å². The van der Waals surface area contributed by atoms with Crippen LogP contribution in [0.5, 0.6) is 5.75 Å². The number of urea groups is 1. The number of rotatable bonds is 6. The number of carbonyl (C=O) groups is 1. The van der Waals surface area contributed by atoms with Crippen molar-refractivity contribution in [1.29, 1.82) is 0 Å². The number of nitrogens with one attached hydrogen (secondary N) is 2. The van der Waals surface area contributed by atoms with Crippen molar-refractivity contribution in [1.82, 2.24) is 10.6 Å². The molecule has 0 bridgehead atoms. The summed E-state index contributed by atoms with van der Waals surface area (Å²) in [7, 11) is 0. The van der Waals surface area contributed by atoms with Gasteiger partial charge in [-0.1, -0.05) is 18.2 Å². The summed E-state index contributed by atoms with van der Waals surface area (Å²) in [6.07, 6.45) is 3.82. The van der Waals surface area contributed by atoms with Gasteiger partial charge in [-0.2, -0.15) is 0 Å². The van der Waals surface area contributed by atoms with E-state index in [-0.39, 0.29) is 18.2 Å². The summed E-state index contributed by atoms with van der Waals surface area (Å²) >= 11 is 0. The van der Waals surface area contributed by atoms with Crippen LogP contribution in [-0.2, 0) is 0 Å². The molecule has 1 aliphatic rings. The second-order valence-electron chi connectivity index (χ2n) is 5.87. The zero-order chi connectivity index (χ0) is 15.8. The maximum absolute atomic E-state index is 11.8. The molecule has 0 saturated heterocycles. The van der Waals surface area contributed by atoms with Crippen molar-refractivity contribution in [2.45, 2.75) is 51.2 Å². The van der Waals surface area contributed by atoms with Gasteiger partial charge >= 0.3 is 6.03 Å². The van der Waals surface area contributed by atoms with Crippen molar-refractivity contribution in [3.63, 3.8) is 0 Å². The molecule has 1 aromatic rings. The molecule has 2 rings (SSSR count). The van der Waals surface area contributed by atoms with E-state index < -0.39 is 0 Å². The standard InChI is InChI=1S/C17H26N2O3/c1-13-5-2-3-6-16(13)22-12-4-11-18-17(21)19-14-7-9-15(20)10-8-14/h2-3,5-6,14-15,20H,4,7-12H2,1H3,(H2,18,19,21). The first-order valence-corrected chi connectivity index (χ1v) is 8.06. The zero-order valence-electron chi connectivity index (χ0n) is 13.2. The van der Waals surface area contributed by atoms with Gasteiger partial charge < -0.3 is 20.5 Å². The zero-order valence-corrected chi connectivity index (χ0v) is 13.2. The van der Waals surface area contributed by atoms with Gasteiger partial charge in [0.05, 0.1) is 12.7 Å². The number of aliphatic hydroxyl groups excluding tert-OH is 1. The highest BCUT2D eigenvalue weighted by atomic mass is 16.5. The molecule has 1 aliphatic carbocycles. The molecule has 0 aliphatic heterocycles. The molecule has 0 heterocycles. The lowest BCUT2D eigenvalue weighted by Crippen LogP contribution is -2.44. The fraction of sp³-hybridized carbons (Fsp3) is 0.588. The van der Waals surface area contributed by atoms with Crippen molar-refractivity contribution in [3.8, 4) is 5.75 Å². The molecule has 3 N–H and O–H groups in total. The van der Waals surface area contributed by atoms with Crippen LogP contribution in [0.3, 0.4) is 0 Å². The Morgan fingerprint density at radius 2 is 2.00 bits per heavy atom. The lowest BCUT2D eigenvalue weighted by Gasteiger charge is -2.26. The number of hydrogen-bond acceptors (Lipinski definition) is 3. The van der Waals surface area contributed by atoms with Gasteiger partial charge in [0.25, 0.3) is 0 Å². The highest BCUT2D eigenvalue weighted by Crippen LogP contribution is 2.18. The molecule has 0 spiro atoms. The summed E-state index contributed by atoms with van der Waals surface area (Å²) < 4.78 is 5.68. The van der Waals surface area contributed by atoms with Crippen LogP contribution < -0.4 is 15.4 Å². The predicted octanol–water partition coefficient (Wildman–Crippen LogP) is 2.37. The number of ether oxygens (including phenoxy) is 1. The lowest BCUT2D eigenvalue weighted by molar-refractivity contribution is 0.117. The van der Waals surface area contributed by atoms with Gasteiger partial charge in [-0.05, 0) is 50.7 Å². The molecule has 0 radical (unpaired) electrons. The summed E-state index contributed by atoms with van der Waals surface area (Å²) in [5.74, 6) is 0.896. The minimum Gasteiger partial charge on any atom is -0.493 e. The number of benzene rings is 1. The van der Waals surface area contributed by atoms with Crippen LogP contribution in [0.2, 0.25) is 0 Å². The van der Waals surface area contributed by atoms with Crippen molar-refractivity contribution in [2.24, 2.45) is 0 Å². The van der Waals surface area contributed by atoms with E-state index in [1.54, 1.807) is 0 Å². The van der Waals surface area contributed by atoms with E-state index in [9.17, 15) is 9.90 Å². The third-order valence-electron chi connectivity index (χ3n) is 3.99.